The van der Waals surface area contributed by atoms with E-state index in [2.05, 4.69) is 5.32 Å². The van der Waals surface area contributed by atoms with Gasteiger partial charge in [-0.1, -0.05) is 6.42 Å². The van der Waals surface area contributed by atoms with E-state index in [9.17, 15) is 8.42 Å². The zero-order chi connectivity index (χ0) is 15.1. The van der Waals surface area contributed by atoms with Crippen molar-refractivity contribution in [1.29, 1.82) is 0 Å². The molecule has 0 atom stereocenters. The third-order valence-electron chi connectivity index (χ3n) is 3.62. The van der Waals surface area contributed by atoms with E-state index < -0.39 is 10.0 Å². The van der Waals surface area contributed by atoms with Crippen LogP contribution in [0.4, 0.5) is 0 Å². The third-order valence-corrected chi connectivity index (χ3v) is 5.53. The molecule has 1 saturated heterocycles. The molecule has 0 aromatic heterocycles. The van der Waals surface area contributed by atoms with Gasteiger partial charge < -0.3 is 10.1 Å². The maximum atomic E-state index is 12.5. The van der Waals surface area contributed by atoms with E-state index >= 15 is 0 Å². The van der Waals surface area contributed by atoms with Crippen LogP contribution < -0.4 is 10.1 Å². The zero-order valence-electron chi connectivity index (χ0n) is 12.5. The number of hydrogen-bond acceptors (Lipinski definition) is 4. The zero-order valence-corrected chi connectivity index (χ0v) is 13.4. The number of benzene rings is 1. The first-order valence-corrected chi connectivity index (χ1v) is 8.96. The Morgan fingerprint density at radius 2 is 1.81 bits per heavy atom. The van der Waals surface area contributed by atoms with Gasteiger partial charge in [-0.2, -0.15) is 4.31 Å². The first-order chi connectivity index (χ1) is 10.1. The quantitative estimate of drug-likeness (QED) is 0.781. The maximum absolute atomic E-state index is 12.5. The fourth-order valence-corrected chi connectivity index (χ4v) is 3.92. The fourth-order valence-electron chi connectivity index (χ4n) is 2.40. The summed E-state index contributed by atoms with van der Waals surface area (Å²) in [5, 5.41) is 3.05. The van der Waals surface area contributed by atoms with Crippen LogP contribution in [-0.2, 0) is 10.0 Å². The van der Waals surface area contributed by atoms with Crippen LogP contribution in [0.5, 0.6) is 5.75 Å². The molecule has 1 aromatic rings. The molecule has 1 aliphatic rings. The van der Waals surface area contributed by atoms with Crippen LogP contribution in [-0.4, -0.2) is 46.0 Å². The SMILES string of the molecule is CNCCCOc1ccc(S(=O)(=O)N2CCCCC2)cc1. The van der Waals surface area contributed by atoms with Crippen molar-refractivity contribution >= 4 is 10.0 Å². The smallest absolute Gasteiger partial charge is 0.243 e. The Balaban J connectivity index is 1.97. The Morgan fingerprint density at radius 1 is 1.14 bits per heavy atom. The van der Waals surface area contributed by atoms with Gasteiger partial charge in [0.1, 0.15) is 5.75 Å². The normalized spacial score (nSPS) is 16.8. The standard InChI is InChI=1S/C15H24N2O3S/c1-16-10-5-13-20-14-6-8-15(9-7-14)21(18,19)17-11-3-2-4-12-17/h6-9,16H,2-5,10-13H2,1H3. The Bertz CT molecular complexity index is 522. The number of piperidine rings is 1. The molecule has 21 heavy (non-hydrogen) atoms. The molecule has 0 unspecified atom stereocenters. The second kappa shape index (κ2) is 7.77. The highest BCUT2D eigenvalue weighted by Gasteiger charge is 2.25. The molecule has 118 valence electrons. The maximum Gasteiger partial charge on any atom is 0.243 e. The predicted molar refractivity (Wildman–Crippen MR) is 83.1 cm³/mol. The Labute approximate surface area is 127 Å². The van der Waals surface area contributed by atoms with E-state index in [-0.39, 0.29) is 0 Å². The van der Waals surface area contributed by atoms with Gasteiger partial charge in [0.2, 0.25) is 10.0 Å². The molecule has 1 heterocycles. The first kappa shape index (κ1) is 16.3. The average molecular weight is 312 g/mol. The molecule has 1 N–H and O–H groups in total. The highest BCUT2D eigenvalue weighted by atomic mass is 32.2. The summed E-state index contributed by atoms with van der Waals surface area (Å²) in [7, 11) is -1.44. The van der Waals surface area contributed by atoms with Crippen molar-refractivity contribution in [2.45, 2.75) is 30.6 Å². The lowest BCUT2D eigenvalue weighted by atomic mass is 10.2. The largest absolute Gasteiger partial charge is 0.494 e. The van der Waals surface area contributed by atoms with Gasteiger partial charge in [0.25, 0.3) is 0 Å². The second-order valence-electron chi connectivity index (χ2n) is 5.24. The van der Waals surface area contributed by atoms with Gasteiger partial charge in [-0.25, -0.2) is 8.42 Å². The van der Waals surface area contributed by atoms with Crippen LogP contribution in [0.2, 0.25) is 0 Å². The van der Waals surface area contributed by atoms with Crippen molar-refractivity contribution in [3.63, 3.8) is 0 Å². The monoisotopic (exact) mass is 312 g/mol. The van der Waals surface area contributed by atoms with Crippen LogP contribution in [0.1, 0.15) is 25.7 Å². The number of rotatable bonds is 7. The number of hydrogen-bond donors (Lipinski definition) is 1. The second-order valence-corrected chi connectivity index (χ2v) is 7.18. The minimum Gasteiger partial charge on any atom is -0.494 e. The van der Waals surface area contributed by atoms with E-state index in [0.717, 1.165) is 32.2 Å². The highest BCUT2D eigenvalue weighted by molar-refractivity contribution is 7.89. The van der Waals surface area contributed by atoms with Gasteiger partial charge in [-0.05, 0) is 57.1 Å². The summed E-state index contributed by atoms with van der Waals surface area (Å²) in [6, 6.07) is 6.74. The summed E-state index contributed by atoms with van der Waals surface area (Å²) in [6.45, 7) is 2.79. The van der Waals surface area contributed by atoms with Gasteiger partial charge in [0, 0.05) is 13.1 Å². The lowest BCUT2D eigenvalue weighted by Crippen LogP contribution is -2.35. The third kappa shape index (κ3) is 4.43. The molecule has 6 heteroatoms. The summed E-state index contributed by atoms with van der Waals surface area (Å²) in [6.07, 6.45) is 3.94. The van der Waals surface area contributed by atoms with E-state index in [1.807, 2.05) is 7.05 Å². The van der Waals surface area contributed by atoms with E-state index in [1.165, 1.54) is 0 Å². The van der Waals surface area contributed by atoms with Crippen LogP contribution >= 0.6 is 0 Å². The molecule has 0 spiro atoms. The van der Waals surface area contributed by atoms with Gasteiger partial charge in [0.05, 0.1) is 11.5 Å². The molecule has 2 rings (SSSR count). The molecule has 1 fully saturated rings. The number of ether oxygens (including phenoxy) is 1. The molecule has 0 aliphatic carbocycles. The average Bonchev–Trinajstić information content (AvgIpc) is 2.53. The van der Waals surface area contributed by atoms with E-state index in [4.69, 9.17) is 4.74 Å². The van der Waals surface area contributed by atoms with Gasteiger partial charge >= 0.3 is 0 Å². The summed E-state index contributed by atoms with van der Waals surface area (Å²) in [5.74, 6) is 0.712. The van der Waals surface area contributed by atoms with Crippen molar-refractivity contribution < 1.29 is 13.2 Å². The molecule has 1 aromatic carbocycles. The van der Waals surface area contributed by atoms with E-state index in [1.54, 1.807) is 28.6 Å². The van der Waals surface area contributed by atoms with E-state index in [0.29, 0.717) is 30.3 Å². The minimum atomic E-state index is -3.34. The molecule has 0 radical (unpaired) electrons. The van der Waals surface area contributed by atoms with Gasteiger partial charge in [0.15, 0.2) is 0 Å². The van der Waals surface area contributed by atoms with Crippen LogP contribution in [0, 0.1) is 0 Å². The van der Waals surface area contributed by atoms with Crippen molar-refractivity contribution in [3.8, 4) is 5.75 Å². The molecule has 0 bridgehead atoms. The van der Waals surface area contributed by atoms with Gasteiger partial charge in [-0.15, -0.1) is 0 Å². The molecule has 0 amide bonds. The molecule has 1 aliphatic heterocycles. The van der Waals surface area contributed by atoms with Crippen molar-refractivity contribution in [2.24, 2.45) is 0 Å². The predicted octanol–water partition coefficient (Wildman–Crippen LogP) is 1.85. The van der Waals surface area contributed by atoms with Crippen molar-refractivity contribution in [2.75, 3.05) is 33.3 Å². The lowest BCUT2D eigenvalue weighted by Gasteiger charge is -2.25. The molecular formula is C15H24N2O3S. The number of sulfonamides is 1. The van der Waals surface area contributed by atoms with Crippen LogP contribution in [0.3, 0.4) is 0 Å². The Hall–Kier alpha value is -1.11. The summed E-state index contributed by atoms with van der Waals surface area (Å²) in [4.78, 5) is 0.354. The topological polar surface area (TPSA) is 58.6 Å². The number of nitrogens with one attached hydrogen (secondary N) is 1. The number of nitrogens with zero attached hydrogens (tertiary/aromatic N) is 1. The summed E-state index contributed by atoms with van der Waals surface area (Å²) in [5.41, 5.74) is 0. The van der Waals surface area contributed by atoms with Crippen LogP contribution in [0.15, 0.2) is 29.2 Å². The fraction of sp³-hybridized carbons (Fsp3) is 0.600. The molecule has 0 saturated carbocycles. The lowest BCUT2D eigenvalue weighted by molar-refractivity contribution is 0.309. The van der Waals surface area contributed by atoms with Gasteiger partial charge in [-0.3, -0.25) is 0 Å². The molecular weight excluding hydrogens is 288 g/mol. The minimum absolute atomic E-state index is 0.354. The molecule has 5 nitrogen and oxygen atoms in total. The summed E-state index contributed by atoms with van der Waals surface area (Å²) < 4.78 is 32.1. The highest BCUT2D eigenvalue weighted by Crippen LogP contribution is 2.22. The van der Waals surface area contributed by atoms with Crippen LogP contribution in [0.25, 0.3) is 0 Å². The summed E-state index contributed by atoms with van der Waals surface area (Å²) >= 11 is 0. The Kier molecular flexibility index (Phi) is 6.02. The Morgan fingerprint density at radius 3 is 2.43 bits per heavy atom. The van der Waals surface area contributed by atoms with Crippen molar-refractivity contribution in [3.05, 3.63) is 24.3 Å². The van der Waals surface area contributed by atoms with Crippen molar-refractivity contribution in [1.82, 2.24) is 9.62 Å². The first-order valence-electron chi connectivity index (χ1n) is 7.52.